The number of nitrogens with one attached hydrogen (secondary N) is 1. The van der Waals surface area contributed by atoms with E-state index in [0.29, 0.717) is 24.9 Å². The largest absolute Gasteiger partial charge is 0.456 e. The van der Waals surface area contributed by atoms with E-state index in [2.05, 4.69) is 5.32 Å². The Hall–Kier alpha value is -2.90. The Labute approximate surface area is 176 Å². The molecule has 0 aliphatic rings. The Balaban J connectivity index is 0.00000420. The Morgan fingerprint density at radius 3 is 2.21 bits per heavy atom. The first-order chi connectivity index (χ1) is 13.6. The van der Waals surface area contributed by atoms with E-state index in [1.807, 2.05) is 30.3 Å². The molecule has 0 spiro atoms. The minimum Gasteiger partial charge on any atom is -0.456 e. The minimum atomic E-state index is -0.856. The van der Waals surface area contributed by atoms with Gasteiger partial charge in [-0.3, -0.25) is 9.59 Å². The summed E-state index contributed by atoms with van der Waals surface area (Å²) in [7, 11) is 0. The summed E-state index contributed by atoms with van der Waals surface area (Å²) in [6.07, 6.45) is 0.258. The maximum atomic E-state index is 11.9. The van der Waals surface area contributed by atoms with E-state index < -0.39 is 18.1 Å². The zero-order valence-electron chi connectivity index (χ0n) is 15.9. The van der Waals surface area contributed by atoms with Gasteiger partial charge in [-0.15, -0.1) is 12.4 Å². The summed E-state index contributed by atoms with van der Waals surface area (Å²) in [4.78, 5) is 35.4. The van der Waals surface area contributed by atoms with Gasteiger partial charge in [-0.1, -0.05) is 60.7 Å². The van der Waals surface area contributed by atoms with Crippen LogP contribution in [-0.4, -0.2) is 37.0 Å². The van der Waals surface area contributed by atoms with Crippen LogP contribution in [0.3, 0.4) is 0 Å². The second-order valence-electron chi connectivity index (χ2n) is 6.13. The highest BCUT2D eigenvalue weighted by molar-refractivity contribution is 5.98. The monoisotopic (exact) mass is 420 g/mol. The zero-order valence-corrected chi connectivity index (χ0v) is 16.7. The average Bonchev–Trinajstić information content (AvgIpc) is 2.74. The van der Waals surface area contributed by atoms with Gasteiger partial charge in [0.2, 0.25) is 0 Å². The predicted molar refractivity (Wildman–Crippen MR) is 111 cm³/mol. The molecule has 0 aromatic heterocycles. The fourth-order valence-electron chi connectivity index (χ4n) is 2.36. The van der Waals surface area contributed by atoms with Gasteiger partial charge in [-0.05, 0) is 18.4 Å². The molecule has 0 radical (unpaired) electrons. The van der Waals surface area contributed by atoms with Crippen molar-refractivity contribution < 1.29 is 23.9 Å². The second kappa shape index (κ2) is 13.3. The van der Waals surface area contributed by atoms with Crippen molar-refractivity contribution in [3.63, 3.8) is 0 Å². The molecule has 0 saturated heterocycles. The van der Waals surface area contributed by atoms with E-state index in [4.69, 9.17) is 15.2 Å². The van der Waals surface area contributed by atoms with Gasteiger partial charge in [-0.2, -0.15) is 0 Å². The molecule has 1 amide bonds. The Morgan fingerprint density at radius 2 is 1.55 bits per heavy atom. The number of amides is 1. The van der Waals surface area contributed by atoms with Crippen molar-refractivity contribution in [1.82, 2.24) is 5.32 Å². The number of halogens is 1. The first-order valence-corrected chi connectivity index (χ1v) is 9.01. The molecular weight excluding hydrogens is 396 g/mol. The third kappa shape index (κ3) is 9.23. The average molecular weight is 421 g/mol. The number of alkyl carbamates (subject to hydrolysis) is 1. The van der Waals surface area contributed by atoms with Crippen LogP contribution in [0.2, 0.25) is 0 Å². The number of carbonyl (C=O) groups is 3. The smallest absolute Gasteiger partial charge is 0.407 e. The molecule has 0 aliphatic carbocycles. The molecule has 0 unspecified atom stereocenters. The number of hydrogen-bond acceptors (Lipinski definition) is 6. The number of nitrogens with two attached hydrogens (primary N) is 1. The van der Waals surface area contributed by atoms with E-state index in [1.165, 1.54) is 0 Å². The molecule has 0 aliphatic heterocycles. The lowest BCUT2D eigenvalue weighted by molar-refractivity contribution is -0.144. The molecule has 0 bridgehead atoms. The molecule has 1 atom stereocenters. The van der Waals surface area contributed by atoms with Gasteiger partial charge in [0.1, 0.15) is 12.6 Å². The second-order valence-corrected chi connectivity index (χ2v) is 6.13. The lowest BCUT2D eigenvalue weighted by Gasteiger charge is -2.11. The third-order valence-corrected chi connectivity index (χ3v) is 3.92. The van der Waals surface area contributed by atoms with Gasteiger partial charge in [0.15, 0.2) is 12.4 Å². The minimum absolute atomic E-state index is 0. The zero-order chi connectivity index (χ0) is 20.2. The molecule has 8 heteroatoms. The van der Waals surface area contributed by atoms with Crippen molar-refractivity contribution in [1.29, 1.82) is 0 Å². The van der Waals surface area contributed by atoms with E-state index in [0.717, 1.165) is 5.56 Å². The summed E-state index contributed by atoms with van der Waals surface area (Å²) in [6.45, 7) is 0.159. The van der Waals surface area contributed by atoms with Gasteiger partial charge < -0.3 is 20.5 Å². The fraction of sp³-hybridized carbons (Fsp3) is 0.286. The van der Waals surface area contributed by atoms with Gasteiger partial charge in [0.05, 0.1) is 0 Å². The molecule has 2 aromatic carbocycles. The lowest BCUT2D eigenvalue weighted by Crippen LogP contribution is -2.34. The number of hydrogen-bond donors (Lipinski definition) is 2. The number of ketones is 1. The number of ether oxygens (including phenoxy) is 2. The lowest BCUT2D eigenvalue weighted by atomic mass is 10.1. The molecule has 0 saturated carbocycles. The van der Waals surface area contributed by atoms with Gasteiger partial charge in [0, 0.05) is 12.1 Å². The van der Waals surface area contributed by atoms with Crippen LogP contribution in [0.15, 0.2) is 60.7 Å². The highest BCUT2D eigenvalue weighted by atomic mass is 35.5. The van der Waals surface area contributed by atoms with Crippen molar-refractivity contribution >= 4 is 30.3 Å². The normalized spacial score (nSPS) is 10.9. The van der Waals surface area contributed by atoms with Crippen LogP contribution in [0.5, 0.6) is 0 Å². The van der Waals surface area contributed by atoms with E-state index in [9.17, 15) is 14.4 Å². The van der Waals surface area contributed by atoms with Crippen molar-refractivity contribution in [3.8, 4) is 0 Å². The first kappa shape index (κ1) is 24.1. The summed E-state index contributed by atoms with van der Waals surface area (Å²) >= 11 is 0. The number of carbonyl (C=O) groups excluding carboxylic acids is 3. The summed E-state index contributed by atoms with van der Waals surface area (Å²) < 4.78 is 10.0. The quantitative estimate of drug-likeness (QED) is 0.347. The molecule has 2 aromatic rings. The Kier molecular flexibility index (Phi) is 11.1. The number of rotatable bonds is 10. The molecular formula is C21H25ClN2O5. The van der Waals surface area contributed by atoms with Crippen LogP contribution >= 0.6 is 12.4 Å². The van der Waals surface area contributed by atoms with Gasteiger partial charge in [-0.25, -0.2) is 4.79 Å². The molecule has 2 rings (SSSR count). The molecule has 3 N–H and O–H groups in total. The van der Waals surface area contributed by atoms with Crippen LogP contribution in [0.25, 0.3) is 0 Å². The first-order valence-electron chi connectivity index (χ1n) is 9.01. The maximum absolute atomic E-state index is 11.9. The van der Waals surface area contributed by atoms with E-state index in [1.54, 1.807) is 30.3 Å². The van der Waals surface area contributed by atoms with Crippen molar-refractivity contribution in [2.45, 2.75) is 25.5 Å². The fourth-order valence-corrected chi connectivity index (χ4v) is 2.36. The summed E-state index contributed by atoms with van der Waals surface area (Å²) in [5.74, 6) is -0.931. The Bertz CT molecular complexity index is 771. The number of esters is 1. The van der Waals surface area contributed by atoms with E-state index in [-0.39, 0.29) is 31.4 Å². The van der Waals surface area contributed by atoms with Crippen LogP contribution in [0, 0.1) is 0 Å². The standard InChI is InChI=1S/C21H24N2O5.ClH/c22-18(20(25)27-15-19(24)17-10-5-2-6-11-17)12-7-13-23-21(26)28-14-16-8-3-1-4-9-16;/h1-6,8-11,18H,7,12-15,22H2,(H,23,26);1H/t18-;/m0./s1. The van der Waals surface area contributed by atoms with Crippen LogP contribution in [-0.2, 0) is 20.9 Å². The van der Waals surface area contributed by atoms with Crippen molar-refractivity contribution in [2.75, 3.05) is 13.2 Å². The molecule has 0 fully saturated rings. The van der Waals surface area contributed by atoms with E-state index >= 15 is 0 Å². The van der Waals surface area contributed by atoms with Crippen LogP contribution in [0.4, 0.5) is 4.79 Å². The van der Waals surface area contributed by atoms with Crippen LogP contribution < -0.4 is 11.1 Å². The highest BCUT2D eigenvalue weighted by Crippen LogP contribution is 2.03. The van der Waals surface area contributed by atoms with Gasteiger partial charge in [0.25, 0.3) is 0 Å². The maximum Gasteiger partial charge on any atom is 0.407 e. The van der Waals surface area contributed by atoms with Gasteiger partial charge >= 0.3 is 12.1 Å². The van der Waals surface area contributed by atoms with Crippen molar-refractivity contribution in [2.24, 2.45) is 5.73 Å². The molecule has 29 heavy (non-hydrogen) atoms. The van der Waals surface area contributed by atoms with Crippen molar-refractivity contribution in [3.05, 3.63) is 71.8 Å². The molecule has 7 nitrogen and oxygen atoms in total. The summed E-state index contributed by atoms with van der Waals surface area (Å²) in [6, 6.07) is 17.1. The molecule has 0 heterocycles. The SMILES string of the molecule is Cl.N[C@@H](CCCNC(=O)OCc1ccccc1)C(=O)OCC(=O)c1ccccc1. The summed E-state index contributed by atoms with van der Waals surface area (Å²) in [5.41, 5.74) is 7.13. The molecule has 156 valence electrons. The summed E-state index contributed by atoms with van der Waals surface area (Å²) in [5, 5.41) is 2.60. The highest BCUT2D eigenvalue weighted by Gasteiger charge is 2.17. The predicted octanol–water partition coefficient (Wildman–Crippen LogP) is 2.87. The number of benzene rings is 2. The third-order valence-electron chi connectivity index (χ3n) is 3.92. The Morgan fingerprint density at radius 1 is 0.931 bits per heavy atom. The number of Topliss-reactive ketones (excluding diaryl/α,β-unsaturated/α-hetero) is 1. The van der Waals surface area contributed by atoms with Crippen LogP contribution in [0.1, 0.15) is 28.8 Å². The topological polar surface area (TPSA) is 108 Å².